The van der Waals surface area contributed by atoms with Gasteiger partial charge in [0.2, 0.25) is 5.91 Å². The van der Waals surface area contributed by atoms with Crippen LogP contribution < -0.4 is 10.6 Å². The Hall–Kier alpha value is -1.95. The van der Waals surface area contributed by atoms with E-state index in [0.29, 0.717) is 6.54 Å². The number of rotatable bonds is 5. The van der Waals surface area contributed by atoms with Gasteiger partial charge in [0.25, 0.3) is 0 Å². The Morgan fingerprint density at radius 1 is 1.37 bits per heavy atom. The van der Waals surface area contributed by atoms with Crippen LogP contribution in [0.4, 0.5) is 11.4 Å². The lowest BCUT2D eigenvalue weighted by molar-refractivity contribution is -0.117. The van der Waals surface area contributed by atoms with Crippen molar-refractivity contribution < 1.29 is 4.79 Å². The molecular formula is C13H14N4OS. The van der Waals surface area contributed by atoms with Crippen molar-refractivity contribution in [2.45, 2.75) is 19.4 Å². The molecule has 0 aliphatic heterocycles. The summed E-state index contributed by atoms with van der Waals surface area (Å²) in [5.41, 5.74) is 2.71. The summed E-state index contributed by atoms with van der Waals surface area (Å²) in [5.74, 6) is 0.346. The van der Waals surface area contributed by atoms with Gasteiger partial charge in [-0.3, -0.25) is 4.79 Å². The maximum atomic E-state index is 11.7. The minimum absolute atomic E-state index is 0.126. The molecule has 1 heterocycles. The summed E-state index contributed by atoms with van der Waals surface area (Å²) in [7, 11) is 0. The summed E-state index contributed by atoms with van der Waals surface area (Å²) < 4.78 is 3.81. The number of nitrogens with one attached hydrogen (secondary N) is 2. The predicted octanol–water partition coefficient (Wildman–Crippen LogP) is 2.50. The highest BCUT2D eigenvalue weighted by atomic mass is 32.1. The molecule has 0 atom stereocenters. The first-order valence-electron chi connectivity index (χ1n) is 6.22. The van der Waals surface area contributed by atoms with Crippen molar-refractivity contribution in [3.05, 3.63) is 35.3 Å². The van der Waals surface area contributed by atoms with Gasteiger partial charge in [0.1, 0.15) is 0 Å². The molecule has 1 aromatic heterocycles. The van der Waals surface area contributed by atoms with E-state index in [-0.39, 0.29) is 11.8 Å². The SMILES string of the molecule is O=C(Nc1cccc(NCc2csnn2)c1)C1CC1. The number of carbonyl (C=O) groups excluding carboxylic acids is 1. The summed E-state index contributed by atoms with van der Waals surface area (Å²) in [6, 6.07) is 7.71. The van der Waals surface area contributed by atoms with Gasteiger partial charge in [-0.25, -0.2) is 0 Å². The molecule has 1 aliphatic carbocycles. The molecule has 2 N–H and O–H groups in total. The maximum Gasteiger partial charge on any atom is 0.227 e. The molecule has 2 aromatic rings. The lowest BCUT2D eigenvalue weighted by atomic mass is 10.2. The highest BCUT2D eigenvalue weighted by Gasteiger charge is 2.29. The van der Waals surface area contributed by atoms with E-state index in [0.717, 1.165) is 29.9 Å². The second kappa shape index (κ2) is 5.36. The van der Waals surface area contributed by atoms with Gasteiger partial charge in [0.05, 0.1) is 12.2 Å². The lowest BCUT2D eigenvalue weighted by Gasteiger charge is -2.08. The van der Waals surface area contributed by atoms with Gasteiger partial charge in [0.15, 0.2) is 0 Å². The van der Waals surface area contributed by atoms with Crippen molar-refractivity contribution in [2.24, 2.45) is 5.92 Å². The minimum Gasteiger partial charge on any atom is -0.379 e. The first-order valence-corrected chi connectivity index (χ1v) is 7.05. The molecule has 0 unspecified atom stereocenters. The molecule has 0 radical (unpaired) electrons. The predicted molar refractivity (Wildman–Crippen MR) is 75.0 cm³/mol. The standard InChI is InChI=1S/C13H14N4OS/c18-13(9-4-5-9)15-11-3-1-2-10(6-11)14-7-12-8-19-17-16-12/h1-3,6,8-9,14H,4-5,7H2,(H,15,18). The Kier molecular flexibility index (Phi) is 3.41. The Morgan fingerprint density at radius 2 is 2.21 bits per heavy atom. The minimum atomic E-state index is 0.126. The van der Waals surface area contributed by atoms with Crippen LogP contribution in [0.15, 0.2) is 29.6 Å². The number of anilines is 2. The normalized spacial score (nSPS) is 14.1. The molecule has 19 heavy (non-hydrogen) atoms. The van der Waals surface area contributed by atoms with E-state index in [4.69, 9.17) is 0 Å². The lowest BCUT2D eigenvalue weighted by Crippen LogP contribution is -2.13. The third-order valence-corrected chi connectivity index (χ3v) is 3.51. The fourth-order valence-corrected chi connectivity index (χ4v) is 2.20. The molecule has 1 fully saturated rings. The Morgan fingerprint density at radius 3 is 2.95 bits per heavy atom. The first kappa shape index (κ1) is 12.1. The fraction of sp³-hybridized carbons (Fsp3) is 0.308. The number of hydrogen-bond acceptors (Lipinski definition) is 5. The van der Waals surface area contributed by atoms with Gasteiger partial charge < -0.3 is 10.6 Å². The molecule has 0 saturated heterocycles. The largest absolute Gasteiger partial charge is 0.379 e. The van der Waals surface area contributed by atoms with Crippen LogP contribution >= 0.6 is 11.5 Å². The quantitative estimate of drug-likeness (QED) is 0.879. The van der Waals surface area contributed by atoms with Crippen LogP contribution in [0.1, 0.15) is 18.5 Å². The molecular weight excluding hydrogens is 260 g/mol. The molecule has 0 spiro atoms. The van der Waals surface area contributed by atoms with Gasteiger partial charge >= 0.3 is 0 Å². The molecule has 1 aliphatic rings. The number of nitrogens with zero attached hydrogens (tertiary/aromatic N) is 2. The summed E-state index contributed by atoms with van der Waals surface area (Å²) in [5, 5.41) is 12.1. The summed E-state index contributed by atoms with van der Waals surface area (Å²) in [6.07, 6.45) is 2.03. The number of benzene rings is 1. The Bertz CT molecular complexity index is 566. The van der Waals surface area contributed by atoms with E-state index in [2.05, 4.69) is 20.2 Å². The van der Waals surface area contributed by atoms with Crippen LogP contribution in [0.5, 0.6) is 0 Å². The van der Waals surface area contributed by atoms with Crippen LogP contribution in [-0.4, -0.2) is 15.5 Å². The summed E-state index contributed by atoms with van der Waals surface area (Å²) >= 11 is 1.34. The van der Waals surface area contributed by atoms with Crippen LogP contribution in [0.3, 0.4) is 0 Å². The van der Waals surface area contributed by atoms with Crippen molar-refractivity contribution in [1.29, 1.82) is 0 Å². The topological polar surface area (TPSA) is 66.9 Å². The van der Waals surface area contributed by atoms with Gasteiger partial charge in [-0.2, -0.15) is 0 Å². The number of amides is 1. The van der Waals surface area contributed by atoms with E-state index < -0.39 is 0 Å². The van der Waals surface area contributed by atoms with E-state index >= 15 is 0 Å². The average molecular weight is 274 g/mol. The first-order chi connectivity index (χ1) is 9.31. The molecule has 3 rings (SSSR count). The van der Waals surface area contributed by atoms with Crippen LogP contribution in [0, 0.1) is 5.92 Å². The van der Waals surface area contributed by atoms with E-state index in [1.54, 1.807) is 0 Å². The van der Waals surface area contributed by atoms with Gasteiger partial charge in [0, 0.05) is 22.7 Å². The zero-order valence-electron chi connectivity index (χ0n) is 10.3. The van der Waals surface area contributed by atoms with E-state index in [1.807, 2.05) is 29.6 Å². The second-order valence-corrected chi connectivity index (χ2v) is 5.20. The molecule has 98 valence electrons. The molecule has 1 aromatic carbocycles. The highest BCUT2D eigenvalue weighted by molar-refractivity contribution is 7.03. The van der Waals surface area contributed by atoms with Gasteiger partial charge in [-0.15, -0.1) is 5.10 Å². The van der Waals surface area contributed by atoms with Crippen molar-refractivity contribution in [3.63, 3.8) is 0 Å². The average Bonchev–Trinajstić information content (AvgIpc) is 3.14. The zero-order valence-corrected chi connectivity index (χ0v) is 11.1. The molecule has 1 saturated carbocycles. The number of aromatic nitrogens is 2. The van der Waals surface area contributed by atoms with E-state index in [1.165, 1.54) is 11.5 Å². The second-order valence-electron chi connectivity index (χ2n) is 4.59. The molecule has 5 nitrogen and oxygen atoms in total. The number of hydrogen-bond donors (Lipinski definition) is 2. The van der Waals surface area contributed by atoms with Crippen molar-refractivity contribution in [3.8, 4) is 0 Å². The van der Waals surface area contributed by atoms with Crippen LogP contribution in [-0.2, 0) is 11.3 Å². The van der Waals surface area contributed by atoms with Crippen molar-refractivity contribution >= 4 is 28.8 Å². The van der Waals surface area contributed by atoms with E-state index in [9.17, 15) is 4.79 Å². The van der Waals surface area contributed by atoms with Crippen molar-refractivity contribution in [2.75, 3.05) is 10.6 Å². The monoisotopic (exact) mass is 274 g/mol. The van der Waals surface area contributed by atoms with Crippen LogP contribution in [0.2, 0.25) is 0 Å². The van der Waals surface area contributed by atoms with Crippen molar-refractivity contribution in [1.82, 2.24) is 9.59 Å². The Balaban J connectivity index is 1.60. The zero-order chi connectivity index (χ0) is 13.1. The summed E-state index contributed by atoms with van der Waals surface area (Å²) in [4.78, 5) is 11.7. The molecule has 1 amide bonds. The number of carbonyl (C=O) groups is 1. The van der Waals surface area contributed by atoms with Gasteiger partial charge in [-0.1, -0.05) is 10.6 Å². The smallest absolute Gasteiger partial charge is 0.227 e. The third-order valence-electron chi connectivity index (χ3n) is 2.96. The highest BCUT2D eigenvalue weighted by Crippen LogP contribution is 2.30. The van der Waals surface area contributed by atoms with Crippen LogP contribution in [0.25, 0.3) is 0 Å². The fourth-order valence-electron chi connectivity index (χ4n) is 1.75. The Labute approximate surface area is 115 Å². The van der Waals surface area contributed by atoms with Gasteiger partial charge in [-0.05, 0) is 42.6 Å². The summed E-state index contributed by atoms with van der Waals surface area (Å²) in [6.45, 7) is 0.635. The molecule has 0 bridgehead atoms. The maximum absolute atomic E-state index is 11.7. The third kappa shape index (κ3) is 3.29. The molecule has 6 heteroatoms.